The van der Waals surface area contributed by atoms with E-state index < -0.39 is 5.91 Å². The highest BCUT2D eigenvalue weighted by molar-refractivity contribution is 14.0. The zero-order valence-electron chi connectivity index (χ0n) is 15.9. The van der Waals surface area contributed by atoms with Gasteiger partial charge in [0.05, 0.1) is 0 Å². The number of carbonyl (C=O) groups is 1. The summed E-state index contributed by atoms with van der Waals surface area (Å²) >= 11 is 0. The molecule has 0 spiro atoms. The van der Waals surface area contributed by atoms with E-state index in [0.717, 1.165) is 44.3 Å². The van der Waals surface area contributed by atoms with Crippen LogP contribution < -0.4 is 21.3 Å². The molecule has 2 aromatic rings. The number of nitrogens with zero attached hydrogens (tertiary/aromatic N) is 3. The third-order valence-corrected chi connectivity index (χ3v) is 4.45. The Kier molecular flexibility index (Phi) is 8.55. The van der Waals surface area contributed by atoms with Gasteiger partial charge >= 0.3 is 0 Å². The third-order valence-electron chi connectivity index (χ3n) is 4.45. The molecular formula is C19H27IN6O2. The number of nitrogens with one attached hydrogen (secondary N) is 2. The summed E-state index contributed by atoms with van der Waals surface area (Å²) in [5, 5.41) is 6.74. The maximum Gasteiger partial charge on any atom is 0.284 e. The number of hydrogen-bond donors (Lipinski definition) is 3. The molecule has 0 saturated carbocycles. The Morgan fingerprint density at radius 1 is 1.32 bits per heavy atom. The Labute approximate surface area is 182 Å². The predicted octanol–water partition coefficient (Wildman–Crippen LogP) is 2.12. The SMILES string of the molecule is CCNC(=NCc1ccc(C(N)=O)o1)NC1CCN(c2ccccn2)CC1.I. The van der Waals surface area contributed by atoms with Gasteiger partial charge in [-0.2, -0.15) is 0 Å². The summed E-state index contributed by atoms with van der Waals surface area (Å²) < 4.78 is 5.38. The minimum Gasteiger partial charge on any atom is -0.454 e. The average Bonchev–Trinajstić information content (AvgIpc) is 3.17. The van der Waals surface area contributed by atoms with Crippen LogP contribution >= 0.6 is 24.0 Å². The zero-order chi connectivity index (χ0) is 19.1. The van der Waals surface area contributed by atoms with Gasteiger partial charge < -0.3 is 25.7 Å². The highest BCUT2D eigenvalue weighted by Crippen LogP contribution is 2.17. The smallest absolute Gasteiger partial charge is 0.284 e. The number of primary amides is 1. The van der Waals surface area contributed by atoms with Gasteiger partial charge in [-0.05, 0) is 44.0 Å². The zero-order valence-corrected chi connectivity index (χ0v) is 18.3. The molecule has 1 aliphatic rings. The summed E-state index contributed by atoms with van der Waals surface area (Å²) in [6.45, 7) is 5.04. The molecule has 1 saturated heterocycles. The van der Waals surface area contributed by atoms with Crippen LogP contribution in [0.3, 0.4) is 0 Å². The molecule has 0 radical (unpaired) electrons. The molecular weight excluding hydrogens is 471 g/mol. The molecule has 3 rings (SSSR count). The van der Waals surface area contributed by atoms with E-state index in [0.29, 0.717) is 18.3 Å². The number of amides is 1. The first-order valence-corrected chi connectivity index (χ1v) is 9.25. The second-order valence-electron chi connectivity index (χ2n) is 6.42. The molecule has 0 atom stereocenters. The van der Waals surface area contributed by atoms with Gasteiger partial charge in [-0.1, -0.05) is 6.07 Å². The lowest BCUT2D eigenvalue weighted by atomic mass is 10.1. The van der Waals surface area contributed by atoms with Crippen LogP contribution in [0.25, 0.3) is 0 Å². The first kappa shape index (κ1) is 22.0. The molecule has 2 aromatic heterocycles. The normalized spacial score (nSPS) is 15.0. The number of pyridine rings is 1. The number of anilines is 1. The van der Waals surface area contributed by atoms with Crippen molar-refractivity contribution < 1.29 is 9.21 Å². The van der Waals surface area contributed by atoms with Crippen molar-refractivity contribution in [3.63, 3.8) is 0 Å². The van der Waals surface area contributed by atoms with E-state index in [9.17, 15) is 4.79 Å². The van der Waals surface area contributed by atoms with Gasteiger partial charge in [0.1, 0.15) is 18.1 Å². The minimum atomic E-state index is -0.574. The minimum absolute atomic E-state index is 0. The highest BCUT2D eigenvalue weighted by Gasteiger charge is 2.20. The van der Waals surface area contributed by atoms with E-state index in [1.165, 1.54) is 0 Å². The monoisotopic (exact) mass is 498 g/mol. The largest absolute Gasteiger partial charge is 0.454 e. The number of halogens is 1. The fraction of sp³-hybridized carbons (Fsp3) is 0.421. The van der Waals surface area contributed by atoms with Crippen LogP contribution in [0.1, 0.15) is 36.1 Å². The summed E-state index contributed by atoms with van der Waals surface area (Å²) in [5.74, 6) is 1.95. The summed E-state index contributed by atoms with van der Waals surface area (Å²) in [6, 6.07) is 9.63. The van der Waals surface area contributed by atoms with E-state index >= 15 is 0 Å². The topological polar surface area (TPSA) is 109 Å². The number of hydrogen-bond acceptors (Lipinski definition) is 5. The van der Waals surface area contributed by atoms with Crippen molar-refractivity contribution in [2.24, 2.45) is 10.7 Å². The van der Waals surface area contributed by atoms with Crippen molar-refractivity contribution in [2.45, 2.75) is 32.4 Å². The molecule has 1 aliphatic heterocycles. The molecule has 1 fully saturated rings. The molecule has 0 aromatic carbocycles. The van der Waals surface area contributed by atoms with E-state index in [1.807, 2.05) is 31.3 Å². The fourth-order valence-corrected chi connectivity index (χ4v) is 3.06. The van der Waals surface area contributed by atoms with E-state index in [2.05, 4.69) is 25.5 Å². The number of carbonyl (C=O) groups excluding carboxylic acids is 1. The van der Waals surface area contributed by atoms with Gasteiger partial charge in [-0.25, -0.2) is 9.98 Å². The summed E-state index contributed by atoms with van der Waals surface area (Å²) in [5.41, 5.74) is 5.21. The number of aliphatic imine (C=N–C) groups is 1. The molecule has 152 valence electrons. The van der Waals surface area contributed by atoms with Gasteiger partial charge in [-0.15, -0.1) is 24.0 Å². The van der Waals surface area contributed by atoms with Crippen molar-refractivity contribution in [3.05, 3.63) is 48.0 Å². The van der Waals surface area contributed by atoms with Gasteiger partial charge in [0.2, 0.25) is 0 Å². The Morgan fingerprint density at radius 3 is 2.71 bits per heavy atom. The number of rotatable bonds is 6. The van der Waals surface area contributed by atoms with E-state index in [4.69, 9.17) is 10.2 Å². The summed E-state index contributed by atoms with van der Waals surface area (Å²) in [6.07, 6.45) is 3.84. The highest BCUT2D eigenvalue weighted by atomic mass is 127. The molecule has 4 N–H and O–H groups in total. The van der Waals surface area contributed by atoms with E-state index in [-0.39, 0.29) is 29.7 Å². The van der Waals surface area contributed by atoms with Crippen LogP contribution in [0.15, 0.2) is 45.9 Å². The van der Waals surface area contributed by atoms with Crippen LogP contribution in [-0.4, -0.2) is 42.5 Å². The van der Waals surface area contributed by atoms with Gasteiger partial charge in [-0.3, -0.25) is 4.79 Å². The molecule has 28 heavy (non-hydrogen) atoms. The Morgan fingerprint density at radius 2 is 2.11 bits per heavy atom. The van der Waals surface area contributed by atoms with Crippen molar-refractivity contribution >= 4 is 41.7 Å². The number of guanidine groups is 1. The van der Waals surface area contributed by atoms with Crippen molar-refractivity contribution in [1.82, 2.24) is 15.6 Å². The molecule has 3 heterocycles. The number of aromatic nitrogens is 1. The van der Waals surface area contributed by atoms with Crippen LogP contribution in [-0.2, 0) is 6.54 Å². The summed E-state index contributed by atoms with van der Waals surface area (Å²) in [4.78, 5) is 22.4. The van der Waals surface area contributed by atoms with Gasteiger partial charge in [0.25, 0.3) is 5.91 Å². The van der Waals surface area contributed by atoms with E-state index in [1.54, 1.807) is 12.1 Å². The van der Waals surface area contributed by atoms with Crippen LogP contribution in [0.5, 0.6) is 0 Å². The maximum atomic E-state index is 11.1. The Balaban J connectivity index is 0.00000280. The number of piperidine rings is 1. The molecule has 8 nitrogen and oxygen atoms in total. The molecule has 0 aliphatic carbocycles. The third kappa shape index (κ3) is 6.11. The predicted molar refractivity (Wildman–Crippen MR) is 120 cm³/mol. The second kappa shape index (κ2) is 10.9. The van der Waals surface area contributed by atoms with Crippen molar-refractivity contribution in [2.75, 3.05) is 24.5 Å². The van der Waals surface area contributed by atoms with Crippen molar-refractivity contribution in [3.8, 4) is 0 Å². The van der Waals surface area contributed by atoms with Gasteiger partial charge in [0.15, 0.2) is 11.7 Å². The van der Waals surface area contributed by atoms with Crippen LogP contribution in [0, 0.1) is 0 Å². The molecule has 9 heteroatoms. The first-order chi connectivity index (χ1) is 13.2. The van der Waals surface area contributed by atoms with Crippen LogP contribution in [0.2, 0.25) is 0 Å². The Hall–Kier alpha value is -2.30. The summed E-state index contributed by atoms with van der Waals surface area (Å²) in [7, 11) is 0. The molecule has 0 unspecified atom stereocenters. The lowest BCUT2D eigenvalue weighted by Gasteiger charge is -2.33. The lowest BCUT2D eigenvalue weighted by molar-refractivity contribution is 0.0972. The first-order valence-electron chi connectivity index (χ1n) is 9.25. The fourth-order valence-electron chi connectivity index (χ4n) is 3.06. The quantitative estimate of drug-likeness (QED) is 0.320. The maximum absolute atomic E-state index is 11.1. The standard InChI is InChI=1S/C19H26N6O2.HI/c1-2-21-19(23-13-15-6-7-16(27-15)18(20)26)24-14-8-11-25(12-9-14)17-5-3-4-10-22-17;/h3-7,10,14H,2,8-9,11-13H2,1H3,(H2,20,26)(H2,21,23,24);1H. The number of nitrogens with two attached hydrogens (primary N) is 1. The lowest BCUT2D eigenvalue weighted by Crippen LogP contribution is -2.48. The average molecular weight is 498 g/mol. The van der Waals surface area contributed by atoms with Gasteiger partial charge in [0, 0.05) is 31.9 Å². The van der Waals surface area contributed by atoms with Crippen molar-refractivity contribution in [1.29, 1.82) is 0 Å². The number of furan rings is 1. The van der Waals surface area contributed by atoms with Crippen LogP contribution in [0.4, 0.5) is 5.82 Å². The second-order valence-corrected chi connectivity index (χ2v) is 6.42. The Bertz CT molecular complexity index is 772. The molecule has 0 bridgehead atoms. The molecule has 1 amide bonds.